The van der Waals surface area contributed by atoms with Gasteiger partial charge in [-0.15, -0.1) is 0 Å². The quantitative estimate of drug-likeness (QED) is 0.760. The number of benzene rings is 1. The lowest BCUT2D eigenvalue weighted by molar-refractivity contribution is 0.102. The van der Waals surface area contributed by atoms with Gasteiger partial charge in [-0.3, -0.25) is 4.79 Å². The van der Waals surface area contributed by atoms with E-state index < -0.39 is 0 Å². The molecule has 1 N–H and O–H groups in total. The first-order valence-electron chi connectivity index (χ1n) is 6.82. The molecule has 0 saturated heterocycles. The van der Waals surface area contributed by atoms with Crippen molar-refractivity contribution in [1.29, 1.82) is 0 Å². The molecular weight excluding hydrogens is 375 g/mol. The summed E-state index contributed by atoms with van der Waals surface area (Å²) < 4.78 is 1.08. The molecule has 2 rings (SSSR count). The Bertz CT molecular complexity index is 657. The summed E-state index contributed by atoms with van der Waals surface area (Å²) in [6.07, 6.45) is 0. The van der Waals surface area contributed by atoms with Crippen LogP contribution in [-0.2, 0) is 5.41 Å². The van der Waals surface area contributed by atoms with Gasteiger partial charge < -0.3 is 5.32 Å². The molecule has 0 aliphatic rings. The van der Waals surface area contributed by atoms with Crippen molar-refractivity contribution in [3.05, 3.63) is 56.8 Å². The third-order valence-corrected chi connectivity index (χ3v) is 4.42. The molecule has 1 heterocycles. The summed E-state index contributed by atoms with van der Waals surface area (Å²) in [6.45, 7) is 8.39. The molecule has 0 fully saturated rings. The average Bonchev–Trinajstić information content (AvgIpc) is 2.42. The Hall–Kier alpha value is -1.43. The van der Waals surface area contributed by atoms with Crippen LogP contribution in [0.5, 0.6) is 0 Å². The highest BCUT2D eigenvalue weighted by Gasteiger charge is 2.14. The van der Waals surface area contributed by atoms with Gasteiger partial charge in [-0.1, -0.05) is 32.9 Å². The van der Waals surface area contributed by atoms with Crippen molar-refractivity contribution in [2.24, 2.45) is 0 Å². The highest BCUT2D eigenvalue weighted by atomic mass is 127. The van der Waals surface area contributed by atoms with Crippen LogP contribution in [0.4, 0.5) is 5.82 Å². The lowest BCUT2D eigenvalue weighted by Gasteiger charge is -2.19. The first-order chi connectivity index (χ1) is 9.77. The van der Waals surface area contributed by atoms with Gasteiger partial charge in [0.15, 0.2) is 0 Å². The summed E-state index contributed by atoms with van der Waals surface area (Å²) in [5, 5.41) is 2.83. The molecule has 0 radical (unpaired) electrons. The molecule has 110 valence electrons. The molecular formula is C17H19IN2O. The Morgan fingerprint density at radius 3 is 2.24 bits per heavy atom. The number of amides is 1. The van der Waals surface area contributed by atoms with E-state index in [0.29, 0.717) is 11.4 Å². The summed E-state index contributed by atoms with van der Waals surface area (Å²) in [5.74, 6) is 0.446. The van der Waals surface area contributed by atoms with Gasteiger partial charge in [0.05, 0.1) is 5.69 Å². The molecule has 0 aliphatic carbocycles. The molecule has 0 bridgehead atoms. The third-order valence-electron chi connectivity index (χ3n) is 3.28. The molecule has 0 saturated carbocycles. The minimum Gasteiger partial charge on any atom is -0.307 e. The van der Waals surface area contributed by atoms with Crippen LogP contribution in [0.1, 0.15) is 42.4 Å². The van der Waals surface area contributed by atoms with Crippen LogP contribution in [0.25, 0.3) is 0 Å². The lowest BCUT2D eigenvalue weighted by Crippen LogP contribution is -2.15. The molecule has 3 nitrogen and oxygen atoms in total. The van der Waals surface area contributed by atoms with E-state index in [1.165, 1.54) is 5.56 Å². The minimum atomic E-state index is -0.136. The second-order valence-electron chi connectivity index (χ2n) is 6.05. The molecule has 1 amide bonds. The van der Waals surface area contributed by atoms with E-state index in [0.717, 1.165) is 9.26 Å². The molecule has 21 heavy (non-hydrogen) atoms. The smallest absolute Gasteiger partial charge is 0.256 e. The molecule has 0 spiro atoms. The van der Waals surface area contributed by atoms with Gasteiger partial charge in [0.2, 0.25) is 0 Å². The van der Waals surface area contributed by atoms with Gasteiger partial charge >= 0.3 is 0 Å². The van der Waals surface area contributed by atoms with E-state index in [-0.39, 0.29) is 11.3 Å². The van der Waals surface area contributed by atoms with E-state index in [1.54, 1.807) is 0 Å². The molecule has 4 heteroatoms. The largest absolute Gasteiger partial charge is 0.307 e. The highest BCUT2D eigenvalue weighted by molar-refractivity contribution is 14.1. The standard InChI is InChI=1S/C17H19IN2O/c1-11-14(18)9-10-15(19-11)20-16(21)12-5-7-13(8-6-12)17(2,3)4/h5-10H,1-4H3,(H,19,20,21). The van der Waals surface area contributed by atoms with Gasteiger partial charge in [0.1, 0.15) is 5.82 Å². The van der Waals surface area contributed by atoms with Crippen molar-refractivity contribution in [3.63, 3.8) is 0 Å². The van der Waals surface area contributed by atoms with Crippen molar-refractivity contribution in [2.45, 2.75) is 33.1 Å². The number of pyridine rings is 1. The number of nitrogens with zero attached hydrogens (tertiary/aromatic N) is 1. The Morgan fingerprint density at radius 1 is 1.10 bits per heavy atom. The fraction of sp³-hybridized carbons (Fsp3) is 0.294. The second kappa shape index (κ2) is 6.13. The normalized spacial score (nSPS) is 11.3. The zero-order valence-electron chi connectivity index (χ0n) is 12.7. The number of anilines is 1. The number of nitrogens with one attached hydrogen (secondary N) is 1. The Morgan fingerprint density at radius 2 is 1.71 bits per heavy atom. The van der Waals surface area contributed by atoms with Gasteiger partial charge in [0.25, 0.3) is 5.91 Å². The number of hydrogen-bond donors (Lipinski definition) is 1. The molecule has 0 unspecified atom stereocenters. The van der Waals surface area contributed by atoms with E-state index in [2.05, 4.69) is 53.7 Å². The summed E-state index contributed by atoms with van der Waals surface area (Å²) in [5.41, 5.74) is 2.85. The molecule has 0 aliphatic heterocycles. The number of aromatic nitrogens is 1. The Kier molecular flexibility index (Phi) is 4.66. The lowest BCUT2D eigenvalue weighted by atomic mass is 9.87. The molecule has 1 aromatic carbocycles. The van der Waals surface area contributed by atoms with Crippen molar-refractivity contribution < 1.29 is 4.79 Å². The Balaban J connectivity index is 2.15. The van der Waals surface area contributed by atoms with Crippen LogP contribution in [0, 0.1) is 10.5 Å². The van der Waals surface area contributed by atoms with E-state index in [4.69, 9.17) is 0 Å². The van der Waals surface area contributed by atoms with E-state index >= 15 is 0 Å². The second-order valence-corrected chi connectivity index (χ2v) is 7.21. The molecule has 1 aromatic heterocycles. The van der Waals surface area contributed by atoms with Crippen LogP contribution >= 0.6 is 22.6 Å². The van der Waals surface area contributed by atoms with Crippen LogP contribution in [0.15, 0.2) is 36.4 Å². The van der Waals surface area contributed by atoms with Crippen LogP contribution < -0.4 is 5.32 Å². The van der Waals surface area contributed by atoms with Gasteiger partial charge in [-0.05, 0) is 64.8 Å². The summed E-state index contributed by atoms with van der Waals surface area (Å²) in [4.78, 5) is 16.6. The first-order valence-corrected chi connectivity index (χ1v) is 7.90. The zero-order valence-corrected chi connectivity index (χ0v) is 14.9. The zero-order chi connectivity index (χ0) is 15.6. The van der Waals surface area contributed by atoms with Gasteiger partial charge in [0, 0.05) is 9.13 Å². The predicted molar refractivity (Wildman–Crippen MR) is 94.8 cm³/mol. The number of aryl methyl sites for hydroxylation is 1. The van der Waals surface area contributed by atoms with Gasteiger partial charge in [-0.25, -0.2) is 4.98 Å². The van der Waals surface area contributed by atoms with Crippen molar-refractivity contribution in [3.8, 4) is 0 Å². The van der Waals surface area contributed by atoms with Crippen LogP contribution in [0.2, 0.25) is 0 Å². The van der Waals surface area contributed by atoms with Crippen LogP contribution in [-0.4, -0.2) is 10.9 Å². The van der Waals surface area contributed by atoms with Crippen molar-refractivity contribution in [2.75, 3.05) is 5.32 Å². The third kappa shape index (κ3) is 4.03. The molecule has 2 aromatic rings. The van der Waals surface area contributed by atoms with Crippen LogP contribution in [0.3, 0.4) is 0 Å². The minimum absolute atomic E-state index is 0.0871. The maximum atomic E-state index is 12.2. The number of halogens is 1. The Labute approximate surface area is 139 Å². The summed E-state index contributed by atoms with van der Waals surface area (Å²) in [7, 11) is 0. The van der Waals surface area contributed by atoms with Crippen molar-refractivity contribution in [1.82, 2.24) is 4.98 Å². The van der Waals surface area contributed by atoms with Crippen molar-refractivity contribution >= 4 is 34.3 Å². The van der Waals surface area contributed by atoms with E-state index in [1.807, 2.05) is 43.3 Å². The SMILES string of the molecule is Cc1nc(NC(=O)c2ccc(C(C)(C)C)cc2)ccc1I. The van der Waals surface area contributed by atoms with E-state index in [9.17, 15) is 4.79 Å². The fourth-order valence-corrected chi connectivity index (χ4v) is 2.22. The summed E-state index contributed by atoms with van der Waals surface area (Å²) in [6, 6.07) is 11.5. The highest BCUT2D eigenvalue weighted by Crippen LogP contribution is 2.22. The number of carbonyl (C=O) groups is 1. The number of hydrogen-bond acceptors (Lipinski definition) is 2. The number of rotatable bonds is 2. The topological polar surface area (TPSA) is 42.0 Å². The molecule has 0 atom stereocenters. The average molecular weight is 394 g/mol. The first kappa shape index (κ1) is 15.9. The summed E-state index contributed by atoms with van der Waals surface area (Å²) >= 11 is 2.22. The maximum Gasteiger partial charge on any atom is 0.256 e. The van der Waals surface area contributed by atoms with Gasteiger partial charge in [-0.2, -0.15) is 0 Å². The predicted octanol–water partition coefficient (Wildman–Crippen LogP) is 4.54. The fourth-order valence-electron chi connectivity index (χ4n) is 1.92. The maximum absolute atomic E-state index is 12.2. The monoisotopic (exact) mass is 394 g/mol. The number of carbonyl (C=O) groups excluding carboxylic acids is 1.